The molecular weight excluding hydrogens is 316 g/mol. The molecule has 2 aromatic carbocycles. The first kappa shape index (κ1) is 16.9. The Morgan fingerprint density at radius 2 is 1.48 bits per heavy atom. The van der Waals surface area contributed by atoms with Gasteiger partial charge in [-0.3, -0.25) is 4.79 Å². The second-order valence-electron chi connectivity index (χ2n) is 4.64. The average molecular weight is 333 g/mol. The van der Waals surface area contributed by atoms with E-state index >= 15 is 0 Å². The Bertz CT molecular complexity index is 720. The van der Waals surface area contributed by atoms with Crippen molar-refractivity contribution in [2.45, 2.75) is 0 Å². The van der Waals surface area contributed by atoms with Crippen LogP contribution in [-0.2, 0) is 4.79 Å². The van der Waals surface area contributed by atoms with Crippen LogP contribution in [0.2, 0.25) is 0 Å². The minimum absolute atomic E-state index is 0.356. The number of methoxy groups -OCH3 is 3. The van der Waals surface area contributed by atoms with Gasteiger partial charge in [0.15, 0.2) is 17.8 Å². The first-order valence-electron chi connectivity index (χ1n) is 6.86. The summed E-state index contributed by atoms with van der Waals surface area (Å²) in [5.74, 6) is 1.84. The number of benzene rings is 2. The van der Waals surface area contributed by atoms with Gasteiger partial charge in [0.05, 0.1) is 26.4 Å². The summed E-state index contributed by atoms with van der Waals surface area (Å²) in [5, 5.41) is 0.356. The number of carbonyl (C=O) groups excluding carboxylic acids is 1. The van der Waals surface area contributed by atoms with Crippen molar-refractivity contribution in [1.82, 2.24) is 0 Å². The highest BCUT2D eigenvalue weighted by molar-refractivity contribution is 6.55. The molecule has 0 atom stereocenters. The number of ether oxygens (including phenoxy) is 3. The van der Waals surface area contributed by atoms with Crippen LogP contribution in [-0.4, -0.2) is 27.6 Å². The van der Waals surface area contributed by atoms with E-state index in [0.29, 0.717) is 27.7 Å². The molecular formula is C18H17ClO4. The van der Waals surface area contributed by atoms with E-state index < -0.39 is 0 Å². The van der Waals surface area contributed by atoms with E-state index in [9.17, 15) is 4.79 Å². The smallest absolute Gasteiger partial charge is 0.161 e. The summed E-state index contributed by atoms with van der Waals surface area (Å²) < 4.78 is 15.6. The molecule has 0 saturated carbocycles. The molecule has 2 rings (SSSR count). The predicted octanol–water partition coefficient (Wildman–Crippen LogP) is 4.02. The normalized spacial score (nSPS) is 11.5. The van der Waals surface area contributed by atoms with Crippen LogP contribution in [0.25, 0.3) is 10.6 Å². The molecule has 0 N–H and O–H groups in total. The molecule has 2 aromatic rings. The number of halogens is 1. The molecule has 0 heterocycles. The summed E-state index contributed by atoms with van der Waals surface area (Å²) in [6, 6.07) is 12.4. The second-order valence-corrected chi connectivity index (χ2v) is 5.02. The number of allylic oxidation sites excluding steroid dienone is 1. The lowest BCUT2D eigenvalue weighted by molar-refractivity contribution is -0.103. The Hall–Kier alpha value is -2.46. The van der Waals surface area contributed by atoms with Gasteiger partial charge < -0.3 is 14.2 Å². The highest BCUT2D eigenvalue weighted by atomic mass is 35.5. The number of carbonyl (C=O) groups is 1. The van der Waals surface area contributed by atoms with Crippen molar-refractivity contribution in [1.29, 1.82) is 0 Å². The van der Waals surface area contributed by atoms with Crippen LogP contribution in [0.5, 0.6) is 17.2 Å². The van der Waals surface area contributed by atoms with Crippen molar-refractivity contribution < 1.29 is 19.0 Å². The number of hydrogen-bond acceptors (Lipinski definition) is 4. The topological polar surface area (TPSA) is 44.8 Å². The van der Waals surface area contributed by atoms with E-state index in [1.165, 1.54) is 7.11 Å². The van der Waals surface area contributed by atoms with Crippen molar-refractivity contribution in [3.8, 4) is 17.2 Å². The first-order chi connectivity index (χ1) is 11.1. The zero-order valence-electron chi connectivity index (χ0n) is 13.1. The lowest BCUT2D eigenvalue weighted by Gasteiger charge is -2.11. The molecule has 0 aliphatic heterocycles. The third-order valence-electron chi connectivity index (χ3n) is 3.39. The molecule has 0 aliphatic rings. The zero-order chi connectivity index (χ0) is 16.8. The summed E-state index contributed by atoms with van der Waals surface area (Å²) >= 11 is 6.41. The predicted molar refractivity (Wildman–Crippen MR) is 91.3 cm³/mol. The molecule has 0 bridgehead atoms. The van der Waals surface area contributed by atoms with Crippen LogP contribution in [0.15, 0.2) is 42.5 Å². The molecule has 0 amide bonds. The Morgan fingerprint density at radius 3 is 2.00 bits per heavy atom. The Labute approximate surface area is 140 Å². The minimum Gasteiger partial charge on any atom is -0.497 e. The quantitative estimate of drug-likeness (QED) is 0.455. The maximum Gasteiger partial charge on any atom is 0.161 e. The molecule has 120 valence electrons. The third kappa shape index (κ3) is 3.66. The van der Waals surface area contributed by atoms with Crippen molar-refractivity contribution in [2.75, 3.05) is 21.3 Å². The van der Waals surface area contributed by atoms with Gasteiger partial charge in [-0.2, -0.15) is 0 Å². The van der Waals surface area contributed by atoms with Crippen LogP contribution in [0.3, 0.4) is 0 Å². The fourth-order valence-electron chi connectivity index (χ4n) is 2.14. The van der Waals surface area contributed by atoms with Gasteiger partial charge in [0.2, 0.25) is 0 Å². The summed E-state index contributed by atoms with van der Waals surface area (Å²) in [5.41, 5.74) is 1.75. The van der Waals surface area contributed by atoms with Gasteiger partial charge in [0.25, 0.3) is 0 Å². The van der Waals surface area contributed by atoms with Gasteiger partial charge in [-0.25, -0.2) is 0 Å². The van der Waals surface area contributed by atoms with Gasteiger partial charge in [-0.15, -0.1) is 0 Å². The molecule has 0 unspecified atom stereocenters. The lowest BCUT2D eigenvalue weighted by Crippen LogP contribution is -1.94. The molecule has 0 fully saturated rings. The highest BCUT2D eigenvalue weighted by Gasteiger charge is 2.12. The molecule has 23 heavy (non-hydrogen) atoms. The third-order valence-corrected chi connectivity index (χ3v) is 3.81. The fraction of sp³-hybridized carbons (Fsp3) is 0.167. The monoisotopic (exact) mass is 332 g/mol. The molecule has 0 spiro atoms. The Balaban J connectivity index is 2.49. The van der Waals surface area contributed by atoms with Crippen LogP contribution < -0.4 is 14.2 Å². The van der Waals surface area contributed by atoms with Crippen LogP contribution >= 0.6 is 11.6 Å². The van der Waals surface area contributed by atoms with Gasteiger partial charge in [-0.05, 0) is 47.5 Å². The standard InChI is InChI=1S/C18H17ClO4/c1-21-14-7-4-12(5-8-14)18(19)15(11-20)13-6-9-16(22-2)17(10-13)23-3/h4-11H,1-3H3/b18-15-. The zero-order valence-corrected chi connectivity index (χ0v) is 13.9. The summed E-state index contributed by atoms with van der Waals surface area (Å²) in [7, 11) is 4.68. The van der Waals surface area contributed by atoms with Crippen molar-refractivity contribution in [3.63, 3.8) is 0 Å². The molecule has 4 nitrogen and oxygen atoms in total. The fourth-order valence-corrected chi connectivity index (χ4v) is 2.42. The van der Waals surface area contributed by atoms with Gasteiger partial charge in [0.1, 0.15) is 5.75 Å². The molecule has 0 aliphatic carbocycles. The average Bonchev–Trinajstić information content (AvgIpc) is 2.62. The summed E-state index contributed by atoms with van der Waals surface area (Å²) in [6.45, 7) is 0. The first-order valence-corrected chi connectivity index (χ1v) is 7.24. The van der Waals surface area contributed by atoms with Crippen LogP contribution in [0.4, 0.5) is 0 Å². The number of rotatable bonds is 6. The molecule has 5 heteroatoms. The largest absolute Gasteiger partial charge is 0.497 e. The number of aldehydes is 1. The maximum atomic E-state index is 11.6. The SMILES string of the molecule is COc1ccc(/C(Cl)=C(\C=O)c2ccc(OC)c(OC)c2)cc1. The van der Waals surface area contributed by atoms with E-state index in [-0.39, 0.29) is 0 Å². The maximum absolute atomic E-state index is 11.6. The van der Waals surface area contributed by atoms with Gasteiger partial charge >= 0.3 is 0 Å². The van der Waals surface area contributed by atoms with E-state index in [1.807, 2.05) is 0 Å². The van der Waals surface area contributed by atoms with Crippen molar-refractivity contribution >= 4 is 28.5 Å². The Kier molecular flexibility index (Phi) is 5.66. The highest BCUT2D eigenvalue weighted by Crippen LogP contribution is 2.34. The van der Waals surface area contributed by atoms with Crippen LogP contribution in [0, 0.1) is 0 Å². The van der Waals surface area contributed by atoms with Crippen LogP contribution in [0.1, 0.15) is 11.1 Å². The van der Waals surface area contributed by atoms with Crippen molar-refractivity contribution in [3.05, 3.63) is 53.6 Å². The van der Waals surface area contributed by atoms with E-state index in [4.69, 9.17) is 25.8 Å². The van der Waals surface area contributed by atoms with Crippen molar-refractivity contribution in [2.24, 2.45) is 0 Å². The summed E-state index contributed by atoms with van der Waals surface area (Å²) in [6.07, 6.45) is 0.730. The van der Waals surface area contributed by atoms with E-state index in [1.54, 1.807) is 56.7 Å². The molecule has 0 aromatic heterocycles. The number of hydrogen-bond donors (Lipinski definition) is 0. The summed E-state index contributed by atoms with van der Waals surface area (Å²) in [4.78, 5) is 11.6. The molecule has 0 radical (unpaired) electrons. The van der Waals surface area contributed by atoms with E-state index in [0.717, 1.165) is 17.6 Å². The van der Waals surface area contributed by atoms with E-state index in [2.05, 4.69) is 0 Å². The van der Waals surface area contributed by atoms with Gasteiger partial charge in [0, 0.05) is 5.57 Å². The minimum atomic E-state index is 0.356. The molecule has 0 saturated heterocycles. The Morgan fingerprint density at radius 1 is 0.870 bits per heavy atom. The second kappa shape index (κ2) is 7.70. The lowest BCUT2D eigenvalue weighted by atomic mass is 10.0. The van der Waals surface area contributed by atoms with Gasteiger partial charge in [-0.1, -0.05) is 17.7 Å².